The summed E-state index contributed by atoms with van der Waals surface area (Å²) in [6.07, 6.45) is 6.96. The van der Waals surface area contributed by atoms with Crippen LogP contribution < -0.4 is 5.32 Å². The number of hydrogen-bond acceptors (Lipinski definition) is 5. The number of carbonyl (C=O) groups excluding carboxylic acids is 1. The van der Waals surface area contributed by atoms with Crippen molar-refractivity contribution in [1.82, 2.24) is 24.7 Å². The SMILES string of the molecule is CC[C@@H](NC(=O)c1csc(Cc2ccccc2)n1)c1cn2cccnc2n1. The van der Waals surface area contributed by atoms with E-state index in [0.717, 1.165) is 23.5 Å². The summed E-state index contributed by atoms with van der Waals surface area (Å²) in [4.78, 5) is 25.9. The largest absolute Gasteiger partial charge is 0.342 e. The Balaban J connectivity index is 1.47. The maximum absolute atomic E-state index is 12.7. The molecule has 1 N–H and O–H groups in total. The highest BCUT2D eigenvalue weighted by molar-refractivity contribution is 7.09. The summed E-state index contributed by atoms with van der Waals surface area (Å²) in [6.45, 7) is 2.02. The van der Waals surface area contributed by atoms with E-state index in [0.29, 0.717) is 11.5 Å². The Morgan fingerprint density at radius 2 is 2.07 bits per heavy atom. The highest BCUT2D eigenvalue weighted by atomic mass is 32.1. The van der Waals surface area contributed by atoms with E-state index >= 15 is 0 Å². The van der Waals surface area contributed by atoms with Crippen LogP contribution in [0.25, 0.3) is 5.78 Å². The number of aromatic nitrogens is 4. The van der Waals surface area contributed by atoms with Gasteiger partial charge in [-0.3, -0.25) is 9.20 Å². The molecule has 0 aliphatic heterocycles. The monoisotopic (exact) mass is 377 g/mol. The first-order valence-corrected chi connectivity index (χ1v) is 9.69. The van der Waals surface area contributed by atoms with Crippen LogP contribution in [-0.2, 0) is 6.42 Å². The molecule has 3 heterocycles. The summed E-state index contributed by atoms with van der Waals surface area (Å²) in [6, 6.07) is 11.8. The first kappa shape index (κ1) is 17.4. The lowest BCUT2D eigenvalue weighted by atomic mass is 10.1. The number of carbonyl (C=O) groups is 1. The highest BCUT2D eigenvalue weighted by Crippen LogP contribution is 2.19. The molecule has 0 aliphatic rings. The van der Waals surface area contributed by atoms with Crippen molar-refractivity contribution in [2.24, 2.45) is 0 Å². The second-order valence-electron chi connectivity index (χ2n) is 6.22. The maximum atomic E-state index is 12.7. The summed E-state index contributed by atoms with van der Waals surface area (Å²) in [5, 5.41) is 5.78. The van der Waals surface area contributed by atoms with Crippen LogP contribution in [0, 0.1) is 0 Å². The van der Waals surface area contributed by atoms with Gasteiger partial charge in [0.15, 0.2) is 0 Å². The van der Waals surface area contributed by atoms with Gasteiger partial charge in [0, 0.05) is 30.4 Å². The van der Waals surface area contributed by atoms with E-state index in [1.54, 1.807) is 6.20 Å². The quantitative estimate of drug-likeness (QED) is 0.557. The molecule has 0 saturated carbocycles. The number of thiazole rings is 1. The van der Waals surface area contributed by atoms with Crippen molar-refractivity contribution in [2.75, 3.05) is 0 Å². The van der Waals surface area contributed by atoms with Crippen LogP contribution >= 0.6 is 11.3 Å². The third kappa shape index (κ3) is 3.88. The van der Waals surface area contributed by atoms with Crippen LogP contribution in [0.4, 0.5) is 0 Å². The zero-order chi connectivity index (χ0) is 18.6. The molecule has 0 fully saturated rings. The first-order valence-electron chi connectivity index (χ1n) is 8.81. The molecule has 1 atom stereocenters. The Kier molecular flexibility index (Phi) is 4.93. The first-order chi connectivity index (χ1) is 13.2. The topological polar surface area (TPSA) is 72.2 Å². The lowest BCUT2D eigenvalue weighted by Gasteiger charge is -2.13. The van der Waals surface area contributed by atoms with Crippen molar-refractivity contribution >= 4 is 23.0 Å². The Bertz CT molecular complexity index is 1020. The van der Waals surface area contributed by atoms with Crippen LogP contribution in [0.5, 0.6) is 0 Å². The van der Waals surface area contributed by atoms with E-state index in [4.69, 9.17) is 0 Å². The van der Waals surface area contributed by atoms with Gasteiger partial charge < -0.3 is 5.32 Å². The zero-order valence-corrected chi connectivity index (χ0v) is 15.7. The Morgan fingerprint density at radius 3 is 2.85 bits per heavy atom. The van der Waals surface area contributed by atoms with E-state index in [-0.39, 0.29) is 11.9 Å². The summed E-state index contributed by atoms with van der Waals surface area (Å²) < 4.78 is 1.85. The lowest BCUT2D eigenvalue weighted by Crippen LogP contribution is -2.28. The van der Waals surface area contributed by atoms with Crippen LogP contribution in [0.15, 0.2) is 60.4 Å². The van der Waals surface area contributed by atoms with Gasteiger partial charge >= 0.3 is 0 Å². The number of rotatable bonds is 6. The van der Waals surface area contributed by atoms with Crippen molar-refractivity contribution < 1.29 is 4.79 Å². The van der Waals surface area contributed by atoms with Gasteiger partial charge in [0.2, 0.25) is 5.78 Å². The third-order valence-electron chi connectivity index (χ3n) is 4.31. The second kappa shape index (κ2) is 7.67. The molecule has 136 valence electrons. The molecule has 0 aliphatic carbocycles. The van der Waals surface area contributed by atoms with E-state index in [1.807, 2.05) is 53.4 Å². The van der Waals surface area contributed by atoms with Gasteiger partial charge in [-0.05, 0) is 18.1 Å². The predicted molar refractivity (Wildman–Crippen MR) is 105 cm³/mol. The van der Waals surface area contributed by atoms with Crippen LogP contribution in [0.3, 0.4) is 0 Å². The van der Waals surface area contributed by atoms with Gasteiger partial charge in [0.1, 0.15) is 5.69 Å². The van der Waals surface area contributed by atoms with Gasteiger partial charge in [0.25, 0.3) is 5.91 Å². The summed E-state index contributed by atoms with van der Waals surface area (Å²) in [5.74, 6) is 0.446. The predicted octanol–water partition coefficient (Wildman–Crippen LogP) is 3.66. The Labute approximate surface area is 160 Å². The second-order valence-corrected chi connectivity index (χ2v) is 7.16. The normalized spacial score (nSPS) is 12.2. The number of imidazole rings is 1. The molecule has 6 nitrogen and oxygen atoms in total. The van der Waals surface area contributed by atoms with Crippen LogP contribution in [0.2, 0.25) is 0 Å². The molecule has 1 aromatic carbocycles. The molecular weight excluding hydrogens is 358 g/mol. The molecule has 0 unspecified atom stereocenters. The van der Waals surface area contributed by atoms with Crippen LogP contribution in [-0.4, -0.2) is 25.3 Å². The summed E-state index contributed by atoms with van der Waals surface area (Å²) >= 11 is 1.51. The van der Waals surface area contributed by atoms with Crippen molar-refractivity contribution in [3.05, 3.63) is 82.3 Å². The van der Waals surface area contributed by atoms with Gasteiger partial charge in [-0.1, -0.05) is 37.3 Å². The van der Waals surface area contributed by atoms with Gasteiger partial charge in [-0.15, -0.1) is 11.3 Å². The standard InChI is InChI=1S/C20H19N5OS/c1-2-15(16-12-25-10-6-9-21-20(25)24-16)23-19(26)17-13-27-18(22-17)11-14-7-4-3-5-8-14/h3-10,12-13,15H,2,11H2,1H3,(H,23,26)/t15-/m1/s1. The van der Waals surface area contributed by atoms with Crippen molar-refractivity contribution in [1.29, 1.82) is 0 Å². The number of hydrogen-bond donors (Lipinski definition) is 1. The molecule has 7 heteroatoms. The molecule has 0 saturated heterocycles. The van der Waals surface area contributed by atoms with E-state index in [2.05, 4.69) is 32.4 Å². The smallest absolute Gasteiger partial charge is 0.271 e. The summed E-state index contributed by atoms with van der Waals surface area (Å²) in [5.41, 5.74) is 2.43. The number of nitrogens with one attached hydrogen (secondary N) is 1. The third-order valence-corrected chi connectivity index (χ3v) is 5.16. The van der Waals surface area contributed by atoms with E-state index < -0.39 is 0 Å². The van der Waals surface area contributed by atoms with Crippen molar-refractivity contribution in [2.45, 2.75) is 25.8 Å². The van der Waals surface area contributed by atoms with Gasteiger partial charge in [0.05, 0.1) is 16.7 Å². The Morgan fingerprint density at radius 1 is 1.22 bits per heavy atom. The molecule has 0 bridgehead atoms. The maximum Gasteiger partial charge on any atom is 0.271 e. The van der Waals surface area contributed by atoms with Crippen molar-refractivity contribution in [3.63, 3.8) is 0 Å². The Hall–Kier alpha value is -3.06. The molecule has 1 amide bonds. The summed E-state index contributed by atoms with van der Waals surface area (Å²) in [7, 11) is 0. The van der Waals surface area contributed by atoms with E-state index in [9.17, 15) is 4.79 Å². The fourth-order valence-electron chi connectivity index (χ4n) is 2.90. The molecule has 3 aromatic heterocycles. The van der Waals surface area contributed by atoms with E-state index in [1.165, 1.54) is 16.9 Å². The zero-order valence-electron chi connectivity index (χ0n) is 14.9. The fraction of sp³-hybridized carbons (Fsp3) is 0.200. The number of benzene rings is 1. The van der Waals surface area contributed by atoms with Gasteiger partial charge in [-0.25, -0.2) is 15.0 Å². The molecule has 4 aromatic rings. The molecule has 0 radical (unpaired) electrons. The minimum absolute atomic E-state index is 0.178. The minimum Gasteiger partial charge on any atom is -0.342 e. The van der Waals surface area contributed by atoms with Crippen LogP contribution in [0.1, 0.15) is 46.1 Å². The number of amides is 1. The lowest BCUT2D eigenvalue weighted by molar-refractivity contribution is 0.0930. The van der Waals surface area contributed by atoms with Gasteiger partial charge in [-0.2, -0.15) is 0 Å². The molecular formula is C20H19N5OS. The molecule has 27 heavy (non-hydrogen) atoms. The molecule has 0 spiro atoms. The number of nitrogens with zero attached hydrogens (tertiary/aromatic N) is 4. The average molecular weight is 377 g/mol. The number of fused-ring (bicyclic) bond motifs is 1. The molecule has 4 rings (SSSR count). The fourth-order valence-corrected chi connectivity index (χ4v) is 3.71. The highest BCUT2D eigenvalue weighted by Gasteiger charge is 2.19. The van der Waals surface area contributed by atoms with Crippen molar-refractivity contribution in [3.8, 4) is 0 Å². The average Bonchev–Trinajstić information content (AvgIpc) is 3.33. The minimum atomic E-state index is -0.182.